The van der Waals surface area contributed by atoms with Gasteiger partial charge < -0.3 is 10.5 Å². The van der Waals surface area contributed by atoms with Crippen LogP contribution < -0.4 is 10.5 Å². The second-order valence-electron chi connectivity index (χ2n) is 5.96. The van der Waals surface area contributed by atoms with Gasteiger partial charge in [0.2, 0.25) is 5.95 Å². The number of benzene rings is 2. The second kappa shape index (κ2) is 8.39. The number of rotatable bonds is 6. The van der Waals surface area contributed by atoms with Crippen LogP contribution in [-0.2, 0) is 18.9 Å². The van der Waals surface area contributed by atoms with Crippen LogP contribution in [0.2, 0.25) is 5.15 Å². The molecule has 26 heavy (non-hydrogen) atoms. The standard InChI is InChI=1S/C20H19Cl2N3O/c1-13-17(19(22)25-20(23)24-13)10-16-8-7-15(11-21)9-18(16)26-12-14-5-3-2-4-6-14/h2-9H,10-12H2,1H3,(H2,23,24,25). The molecular weight excluding hydrogens is 369 g/mol. The third-order valence-corrected chi connectivity index (χ3v) is 4.69. The number of nitrogen functional groups attached to an aromatic ring is 1. The van der Waals surface area contributed by atoms with Gasteiger partial charge in [-0.1, -0.05) is 54.1 Å². The molecule has 0 unspecified atom stereocenters. The summed E-state index contributed by atoms with van der Waals surface area (Å²) in [7, 11) is 0. The minimum Gasteiger partial charge on any atom is -0.489 e. The van der Waals surface area contributed by atoms with E-state index in [1.54, 1.807) is 0 Å². The predicted octanol–water partition coefficient (Wildman–Crippen LogP) is 4.93. The van der Waals surface area contributed by atoms with Crippen LogP contribution in [0.15, 0.2) is 48.5 Å². The lowest BCUT2D eigenvalue weighted by Crippen LogP contribution is -2.05. The van der Waals surface area contributed by atoms with Crippen molar-refractivity contribution in [2.75, 3.05) is 5.73 Å². The minimum absolute atomic E-state index is 0.175. The smallest absolute Gasteiger partial charge is 0.221 e. The fourth-order valence-electron chi connectivity index (χ4n) is 2.67. The van der Waals surface area contributed by atoms with Crippen LogP contribution in [0, 0.1) is 6.92 Å². The Balaban J connectivity index is 1.89. The van der Waals surface area contributed by atoms with E-state index in [4.69, 9.17) is 33.7 Å². The van der Waals surface area contributed by atoms with Crippen molar-refractivity contribution in [2.45, 2.75) is 25.8 Å². The number of nitrogens with zero attached hydrogens (tertiary/aromatic N) is 2. The lowest BCUT2D eigenvalue weighted by molar-refractivity contribution is 0.303. The Hall–Kier alpha value is -2.30. The molecule has 0 fully saturated rings. The average Bonchev–Trinajstić information content (AvgIpc) is 2.64. The van der Waals surface area contributed by atoms with Crippen LogP contribution in [-0.4, -0.2) is 9.97 Å². The first-order chi connectivity index (χ1) is 12.6. The monoisotopic (exact) mass is 387 g/mol. The van der Waals surface area contributed by atoms with Crippen molar-refractivity contribution in [3.63, 3.8) is 0 Å². The number of hydrogen-bond acceptors (Lipinski definition) is 4. The van der Waals surface area contributed by atoms with Crippen LogP contribution in [0.5, 0.6) is 5.75 Å². The Bertz CT molecular complexity index is 878. The minimum atomic E-state index is 0.175. The highest BCUT2D eigenvalue weighted by molar-refractivity contribution is 6.30. The van der Waals surface area contributed by atoms with E-state index in [-0.39, 0.29) is 5.95 Å². The summed E-state index contributed by atoms with van der Waals surface area (Å²) in [6.07, 6.45) is 0.553. The molecule has 0 spiro atoms. The van der Waals surface area contributed by atoms with Crippen LogP contribution in [0.1, 0.15) is 27.9 Å². The van der Waals surface area contributed by atoms with Crippen molar-refractivity contribution in [2.24, 2.45) is 0 Å². The number of alkyl halides is 1. The third kappa shape index (κ3) is 4.45. The van der Waals surface area contributed by atoms with Crippen LogP contribution in [0.4, 0.5) is 5.95 Å². The zero-order valence-corrected chi connectivity index (χ0v) is 15.9. The molecule has 3 rings (SSSR count). The fraction of sp³-hybridized carbons (Fsp3) is 0.200. The number of aryl methyl sites for hydroxylation is 1. The highest BCUT2D eigenvalue weighted by Crippen LogP contribution is 2.28. The lowest BCUT2D eigenvalue weighted by atomic mass is 10.0. The molecule has 134 valence electrons. The van der Waals surface area contributed by atoms with Crippen LogP contribution in [0.25, 0.3) is 0 Å². The zero-order chi connectivity index (χ0) is 18.5. The quantitative estimate of drug-likeness (QED) is 0.481. The number of halogens is 2. The molecule has 0 aliphatic heterocycles. The largest absolute Gasteiger partial charge is 0.489 e. The number of hydrogen-bond donors (Lipinski definition) is 1. The summed E-state index contributed by atoms with van der Waals surface area (Å²) in [5, 5.41) is 0.366. The van der Waals surface area contributed by atoms with E-state index in [0.717, 1.165) is 33.7 Å². The topological polar surface area (TPSA) is 61.0 Å². The summed E-state index contributed by atoms with van der Waals surface area (Å²) in [6.45, 7) is 2.35. The molecule has 2 aromatic carbocycles. The second-order valence-corrected chi connectivity index (χ2v) is 6.59. The van der Waals surface area contributed by atoms with Gasteiger partial charge in [-0.3, -0.25) is 0 Å². The van der Waals surface area contributed by atoms with Crippen molar-refractivity contribution >= 4 is 29.2 Å². The van der Waals surface area contributed by atoms with Crippen molar-refractivity contribution in [1.82, 2.24) is 9.97 Å². The molecule has 0 amide bonds. The first-order valence-electron chi connectivity index (χ1n) is 8.20. The van der Waals surface area contributed by atoms with Crippen LogP contribution in [0.3, 0.4) is 0 Å². The van der Waals surface area contributed by atoms with Gasteiger partial charge in [0, 0.05) is 23.6 Å². The van der Waals surface area contributed by atoms with E-state index in [1.807, 2.05) is 55.5 Å². The van der Waals surface area contributed by atoms with Crippen LogP contribution >= 0.6 is 23.2 Å². The van der Waals surface area contributed by atoms with Gasteiger partial charge in [0.1, 0.15) is 17.5 Å². The summed E-state index contributed by atoms with van der Waals surface area (Å²) in [5.74, 6) is 1.38. The first kappa shape index (κ1) is 18.5. The number of aromatic nitrogens is 2. The average molecular weight is 388 g/mol. The highest BCUT2D eigenvalue weighted by atomic mass is 35.5. The molecule has 1 heterocycles. The Morgan fingerprint density at radius 3 is 2.50 bits per heavy atom. The summed E-state index contributed by atoms with van der Waals surface area (Å²) < 4.78 is 6.07. The Morgan fingerprint density at radius 2 is 1.81 bits per heavy atom. The summed E-state index contributed by atoms with van der Waals surface area (Å²) in [6, 6.07) is 16.0. The summed E-state index contributed by atoms with van der Waals surface area (Å²) in [5.41, 5.74) is 10.3. The van der Waals surface area contributed by atoms with Gasteiger partial charge in [0.25, 0.3) is 0 Å². The SMILES string of the molecule is Cc1nc(N)nc(Cl)c1Cc1ccc(CCl)cc1OCc1ccccc1. The summed E-state index contributed by atoms with van der Waals surface area (Å²) >= 11 is 12.3. The maximum Gasteiger partial charge on any atom is 0.221 e. The van der Waals surface area contributed by atoms with E-state index in [0.29, 0.717) is 24.1 Å². The van der Waals surface area contributed by atoms with Gasteiger partial charge in [0.05, 0.1) is 0 Å². The first-order valence-corrected chi connectivity index (χ1v) is 9.11. The van der Waals surface area contributed by atoms with Gasteiger partial charge >= 0.3 is 0 Å². The molecule has 3 aromatic rings. The molecule has 0 atom stereocenters. The molecular formula is C20H19Cl2N3O. The molecule has 0 radical (unpaired) electrons. The molecule has 0 saturated heterocycles. The summed E-state index contributed by atoms with van der Waals surface area (Å²) in [4.78, 5) is 8.27. The van der Waals surface area contributed by atoms with E-state index < -0.39 is 0 Å². The van der Waals surface area contributed by atoms with Gasteiger partial charge in [-0.25, -0.2) is 9.97 Å². The molecule has 0 saturated carbocycles. The van der Waals surface area contributed by atoms with E-state index in [9.17, 15) is 0 Å². The normalized spacial score (nSPS) is 10.7. The lowest BCUT2D eigenvalue weighted by Gasteiger charge is -2.14. The zero-order valence-electron chi connectivity index (χ0n) is 14.4. The fourth-order valence-corrected chi connectivity index (χ4v) is 3.13. The van der Waals surface area contributed by atoms with Gasteiger partial charge in [-0.05, 0) is 29.7 Å². The molecule has 0 aliphatic carbocycles. The number of anilines is 1. The Morgan fingerprint density at radius 1 is 1.04 bits per heavy atom. The molecule has 1 aromatic heterocycles. The highest BCUT2D eigenvalue weighted by Gasteiger charge is 2.13. The Labute approximate surface area is 163 Å². The molecule has 2 N–H and O–H groups in total. The number of ether oxygens (including phenoxy) is 1. The van der Waals surface area contributed by atoms with Gasteiger partial charge in [0.15, 0.2) is 0 Å². The molecule has 4 nitrogen and oxygen atoms in total. The van der Waals surface area contributed by atoms with Crippen molar-refractivity contribution < 1.29 is 4.74 Å². The predicted molar refractivity (Wildman–Crippen MR) is 106 cm³/mol. The van der Waals surface area contributed by atoms with E-state index in [1.165, 1.54) is 0 Å². The maximum absolute atomic E-state index is 6.28. The Kier molecular flexibility index (Phi) is 5.96. The van der Waals surface area contributed by atoms with Gasteiger partial charge in [-0.2, -0.15) is 0 Å². The van der Waals surface area contributed by atoms with Crippen molar-refractivity contribution in [1.29, 1.82) is 0 Å². The van der Waals surface area contributed by atoms with E-state index >= 15 is 0 Å². The number of nitrogens with two attached hydrogens (primary N) is 1. The van der Waals surface area contributed by atoms with E-state index in [2.05, 4.69) is 9.97 Å². The van der Waals surface area contributed by atoms with Crippen molar-refractivity contribution in [3.8, 4) is 5.75 Å². The molecule has 0 bridgehead atoms. The third-order valence-electron chi connectivity index (χ3n) is 4.07. The van der Waals surface area contributed by atoms with Gasteiger partial charge in [-0.15, -0.1) is 11.6 Å². The maximum atomic E-state index is 6.28. The van der Waals surface area contributed by atoms with Crippen molar-refractivity contribution in [3.05, 3.63) is 81.6 Å². The molecule has 0 aliphatic rings. The molecule has 6 heteroatoms.